The maximum Gasteiger partial charge on any atom is 0.242 e. The van der Waals surface area contributed by atoms with Gasteiger partial charge >= 0.3 is 0 Å². The molecule has 0 bridgehead atoms. The van der Waals surface area contributed by atoms with Crippen LogP contribution in [0.15, 0.2) is 48.5 Å². The number of thioether (sulfide) groups is 1. The molecule has 2 aromatic carbocycles. The van der Waals surface area contributed by atoms with E-state index in [4.69, 9.17) is 11.6 Å². The molecule has 0 aromatic heterocycles. The Labute approximate surface area is 193 Å². The third-order valence-corrected chi connectivity index (χ3v) is 6.31. The van der Waals surface area contributed by atoms with Crippen LogP contribution < -0.4 is 5.32 Å². The van der Waals surface area contributed by atoms with Crippen LogP contribution in [-0.4, -0.2) is 41.6 Å². The van der Waals surface area contributed by atoms with E-state index >= 15 is 0 Å². The molecule has 0 aliphatic carbocycles. The third kappa shape index (κ3) is 8.19. The van der Waals surface area contributed by atoms with E-state index in [0.717, 1.165) is 18.4 Å². The van der Waals surface area contributed by atoms with E-state index in [9.17, 15) is 14.0 Å². The van der Waals surface area contributed by atoms with Gasteiger partial charge in [-0.2, -0.15) is 0 Å². The second-order valence-electron chi connectivity index (χ2n) is 7.34. The van der Waals surface area contributed by atoms with E-state index in [1.807, 2.05) is 30.3 Å². The van der Waals surface area contributed by atoms with Crippen LogP contribution >= 0.6 is 23.4 Å². The Morgan fingerprint density at radius 2 is 1.90 bits per heavy atom. The fourth-order valence-electron chi connectivity index (χ4n) is 3.10. The Balaban J connectivity index is 2.01. The van der Waals surface area contributed by atoms with Gasteiger partial charge < -0.3 is 10.2 Å². The van der Waals surface area contributed by atoms with Crippen molar-refractivity contribution < 1.29 is 14.0 Å². The summed E-state index contributed by atoms with van der Waals surface area (Å²) in [6, 6.07) is 13.8. The molecule has 0 spiro atoms. The molecule has 168 valence electrons. The summed E-state index contributed by atoms with van der Waals surface area (Å²) < 4.78 is 14.0. The lowest BCUT2D eigenvalue weighted by atomic mass is 10.1. The maximum absolute atomic E-state index is 14.0. The highest BCUT2D eigenvalue weighted by Crippen LogP contribution is 2.24. The van der Waals surface area contributed by atoms with E-state index in [1.54, 1.807) is 24.0 Å². The number of amides is 2. The van der Waals surface area contributed by atoms with Crippen molar-refractivity contribution in [3.05, 3.63) is 70.5 Å². The van der Waals surface area contributed by atoms with Gasteiger partial charge in [-0.05, 0) is 37.5 Å². The van der Waals surface area contributed by atoms with Gasteiger partial charge in [-0.3, -0.25) is 9.59 Å². The summed E-state index contributed by atoms with van der Waals surface area (Å²) in [6.45, 7) is 4.85. The van der Waals surface area contributed by atoms with Gasteiger partial charge in [0.25, 0.3) is 0 Å². The number of rotatable bonds is 12. The molecule has 0 saturated carbocycles. The molecule has 0 aliphatic rings. The van der Waals surface area contributed by atoms with Crippen molar-refractivity contribution in [2.75, 3.05) is 18.8 Å². The van der Waals surface area contributed by atoms with Crippen molar-refractivity contribution in [2.24, 2.45) is 0 Å². The van der Waals surface area contributed by atoms with E-state index in [0.29, 0.717) is 35.8 Å². The molecular formula is C24H30ClFN2O2S. The molecule has 0 fully saturated rings. The van der Waals surface area contributed by atoms with E-state index in [1.165, 1.54) is 17.8 Å². The molecule has 1 N–H and O–H groups in total. The molecule has 7 heteroatoms. The highest BCUT2D eigenvalue weighted by molar-refractivity contribution is 7.99. The predicted octanol–water partition coefficient (Wildman–Crippen LogP) is 5.09. The SMILES string of the molecule is CCCCNC(=O)[C@@H](C)N(CCc1ccccc1)C(=O)CSCc1c(F)cccc1Cl. The summed E-state index contributed by atoms with van der Waals surface area (Å²) in [5.41, 5.74) is 1.49. The van der Waals surface area contributed by atoms with E-state index in [2.05, 4.69) is 12.2 Å². The summed E-state index contributed by atoms with van der Waals surface area (Å²) in [6.07, 6.45) is 2.54. The van der Waals surface area contributed by atoms with Crippen molar-refractivity contribution in [1.82, 2.24) is 10.2 Å². The summed E-state index contributed by atoms with van der Waals surface area (Å²) in [4.78, 5) is 27.2. The van der Waals surface area contributed by atoms with Crippen LogP contribution in [0, 0.1) is 5.82 Å². The molecular weight excluding hydrogens is 435 g/mol. The first-order chi connectivity index (χ1) is 14.9. The van der Waals surface area contributed by atoms with Gasteiger partial charge in [-0.25, -0.2) is 4.39 Å². The highest BCUT2D eigenvalue weighted by Gasteiger charge is 2.25. The molecule has 31 heavy (non-hydrogen) atoms. The van der Waals surface area contributed by atoms with Crippen LogP contribution in [0.2, 0.25) is 5.02 Å². The number of nitrogens with one attached hydrogen (secondary N) is 1. The second-order valence-corrected chi connectivity index (χ2v) is 8.73. The number of nitrogens with zero attached hydrogens (tertiary/aromatic N) is 1. The summed E-state index contributed by atoms with van der Waals surface area (Å²) in [5, 5.41) is 3.26. The lowest BCUT2D eigenvalue weighted by Crippen LogP contribution is -2.49. The van der Waals surface area contributed by atoms with Crippen LogP contribution in [0.3, 0.4) is 0 Å². The number of benzene rings is 2. The number of unbranched alkanes of at least 4 members (excludes halogenated alkanes) is 1. The van der Waals surface area contributed by atoms with Gasteiger partial charge in [0.15, 0.2) is 0 Å². The minimum absolute atomic E-state index is 0.145. The van der Waals surface area contributed by atoms with Crippen molar-refractivity contribution in [3.8, 4) is 0 Å². The van der Waals surface area contributed by atoms with Crippen LogP contribution in [-0.2, 0) is 21.8 Å². The predicted molar refractivity (Wildman–Crippen MR) is 127 cm³/mol. The van der Waals surface area contributed by atoms with Gasteiger partial charge in [-0.1, -0.05) is 61.3 Å². The first-order valence-electron chi connectivity index (χ1n) is 10.6. The van der Waals surface area contributed by atoms with Gasteiger partial charge in [0, 0.05) is 29.4 Å². The van der Waals surface area contributed by atoms with Crippen LogP contribution in [0.25, 0.3) is 0 Å². The van der Waals surface area contributed by atoms with Crippen molar-refractivity contribution in [1.29, 1.82) is 0 Å². The monoisotopic (exact) mass is 464 g/mol. The van der Waals surface area contributed by atoms with Crippen LogP contribution in [0.5, 0.6) is 0 Å². The summed E-state index contributed by atoms with van der Waals surface area (Å²) in [7, 11) is 0. The van der Waals surface area contributed by atoms with Gasteiger partial charge in [0.2, 0.25) is 11.8 Å². The van der Waals surface area contributed by atoms with Crippen molar-refractivity contribution >= 4 is 35.2 Å². The molecule has 0 saturated heterocycles. The summed E-state index contributed by atoms with van der Waals surface area (Å²) >= 11 is 7.37. The van der Waals surface area contributed by atoms with Crippen LogP contribution in [0.4, 0.5) is 4.39 Å². The topological polar surface area (TPSA) is 49.4 Å². The normalized spacial score (nSPS) is 11.7. The second kappa shape index (κ2) is 13.4. The Morgan fingerprint density at radius 3 is 2.58 bits per heavy atom. The smallest absolute Gasteiger partial charge is 0.242 e. The molecule has 1 atom stereocenters. The lowest BCUT2D eigenvalue weighted by Gasteiger charge is -2.28. The first-order valence-corrected chi connectivity index (χ1v) is 12.1. The number of carbonyl (C=O) groups excluding carboxylic acids is 2. The zero-order valence-electron chi connectivity index (χ0n) is 18.1. The quantitative estimate of drug-likeness (QED) is 0.445. The van der Waals surface area contributed by atoms with E-state index < -0.39 is 6.04 Å². The molecule has 0 aliphatic heterocycles. The standard InChI is InChI=1S/C24H30ClFN2O2S/c1-3-4-14-27-24(30)18(2)28(15-13-19-9-6-5-7-10-19)23(29)17-31-16-20-21(25)11-8-12-22(20)26/h5-12,18H,3-4,13-17H2,1-2H3,(H,27,30)/t18-/m1/s1. The average molecular weight is 465 g/mol. The van der Waals surface area contributed by atoms with Crippen LogP contribution in [0.1, 0.15) is 37.8 Å². The zero-order valence-corrected chi connectivity index (χ0v) is 19.6. The fourth-order valence-corrected chi connectivity index (χ4v) is 4.35. The average Bonchev–Trinajstić information content (AvgIpc) is 2.76. The lowest BCUT2D eigenvalue weighted by molar-refractivity contribution is -0.137. The van der Waals surface area contributed by atoms with Gasteiger partial charge in [-0.15, -0.1) is 11.8 Å². The molecule has 0 unspecified atom stereocenters. The molecule has 2 rings (SSSR count). The molecule has 4 nitrogen and oxygen atoms in total. The molecule has 0 heterocycles. The molecule has 0 radical (unpaired) electrons. The highest BCUT2D eigenvalue weighted by atomic mass is 35.5. The number of hydrogen-bond acceptors (Lipinski definition) is 3. The van der Waals surface area contributed by atoms with Crippen molar-refractivity contribution in [3.63, 3.8) is 0 Å². The third-order valence-electron chi connectivity index (χ3n) is 5.01. The maximum atomic E-state index is 14.0. The largest absolute Gasteiger partial charge is 0.354 e. The minimum atomic E-state index is -0.578. The number of hydrogen-bond donors (Lipinski definition) is 1. The summed E-state index contributed by atoms with van der Waals surface area (Å²) in [5.74, 6) is -0.243. The Hall–Kier alpha value is -2.05. The molecule has 2 aromatic rings. The zero-order chi connectivity index (χ0) is 22.6. The van der Waals surface area contributed by atoms with Gasteiger partial charge in [0.05, 0.1) is 5.75 Å². The first kappa shape index (κ1) is 25.2. The van der Waals surface area contributed by atoms with E-state index in [-0.39, 0.29) is 23.4 Å². The fraction of sp³-hybridized carbons (Fsp3) is 0.417. The van der Waals surface area contributed by atoms with Crippen molar-refractivity contribution in [2.45, 2.75) is 44.9 Å². The number of carbonyl (C=O) groups is 2. The minimum Gasteiger partial charge on any atom is -0.354 e. The number of halogens is 2. The Kier molecular flexibility index (Phi) is 10.9. The van der Waals surface area contributed by atoms with Gasteiger partial charge in [0.1, 0.15) is 11.9 Å². The Bertz CT molecular complexity index is 830. The Morgan fingerprint density at radius 1 is 1.16 bits per heavy atom. The molecule has 2 amide bonds.